The number of aryl methyl sites for hydroxylation is 1. The van der Waals surface area contributed by atoms with Crippen molar-refractivity contribution in [1.29, 1.82) is 0 Å². The van der Waals surface area contributed by atoms with Crippen molar-refractivity contribution in [1.82, 2.24) is 15.1 Å². The normalized spacial score (nSPS) is 13.5. The molecule has 25 heavy (non-hydrogen) atoms. The Hall–Kier alpha value is -2.34. The highest BCUT2D eigenvalue weighted by Crippen LogP contribution is 2.18. The van der Waals surface area contributed by atoms with Gasteiger partial charge in [0.15, 0.2) is 0 Å². The van der Waals surface area contributed by atoms with E-state index in [1.165, 1.54) is 0 Å². The molecule has 136 valence electrons. The summed E-state index contributed by atoms with van der Waals surface area (Å²) in [7, 11) is 1.85. The molecule has 0 aliphatic rings. The molecular weight excluding hydrogens is 316 g/mol. The summed E-state index contributed by atoms with van der Waals surface area (Å²) in [6.07, 6.45) is 5.16. The van der Waals surface area contributed by atoms with Gasteiger partial charge in [0, 0.05) is 31.0 Å². The van der Waals surface area contributed by atoms with E-state index in [9.17, 15) is 9.90 Å². The van der Waals surface area contributed by atoms with Gasteiger partial charge < -0.3 is 15.7 Å². The van der Waals surface area contributed by atoms with Crippen LogP contribution in [0.3, 0.4) is 0 Å². The molecule has 0 bridgehead atoms. The molecule has 0 spiro atoms. The van der Waals surface area contributed by atoms with E-state index in [1.54, 1.807) is 29.9 Å². The molecule has 0 fully saturated rings. The molecule has 1 heterocycles. The van der Waals surface area contributed by atoms with Crippen molar-refractivity contribution < 1.29 is 9.90 Å². The average Bonchev–Trinajstić information content (AvgIpc) is 2.96. The van der Waals surface area contributed by atoms with E-state index in [0.717, 1.165) is 17.8 Å². The van der Waals surface area contributed by atoms with Crippen molar-refractivity contribution in [2.24, 2.45) is 13.0 Å². The van der Waals surface area contributed by atoms with Crippen LogP contribution in [0.4, 0.5) is 11.4 Å². The van der Waals surface area contributed by atoms with E-state index in [4.69, 9.17) is 0 Å². The maximum atomic E-state index is 12.4. The van der Waals surface area contributed by atoms with Crippen molar-refractivity contribution in [2.45, 2.75) is 39.2 Å². The lowest BCUT2D eigenvalue weighted by atomic mass is 9.95. The molecule has 2 aromatic rings. The van der Waals surface area contributed by atoms with Gasteiger partial charge in [-0.15, -0.1) is 0 Å². The number of aliphatic hydroxyl groups is 1. The minimum absolute atomic E-state index is 0.195. The fourth-order valence-electron chi connectivity index (χ4n) is 2.45. The maximum Gasteiger partial charge on any atom is 0.251 e. The third-order valence-corrected chi connectivity index (χ3v) is 4.01. The molecule has 0 aliphatic carbocycles. The van der Waals surface area contributed by atoms with Gasteiger partial charge in [0.05, 0.1) is 17.5 Å². The maximum absolute atomic E-state index is 12.4. The van der Waals surface area contributed by atoms with Crippen molar-refractivity contribution in [2.75, 3.05) is 11.9 Å². The molecule has 0 saturated carbocycles. The van der Waals surface area contributed by atoms with Crippen LogP contribution >= 0.6 is 0 Å². The Balaban J connectivity index is 1.94. The van der Waals surface area contributed by atoms with Crippen LogP contribution in [0.15, 0.2) is 36.7 Å². The second-order valence-electron chi connectivity index (χ2n) is 7.22. The number of carbonyl (C=O) groups is 1. The van der Waals surface area contributed by atoms with Gasteiger partial charge in [0.2, 0.25) is 0 Å². The van der Waals surface area contributed by atoms with E-state index in [2.05, 4.69) is 29.6 Å². The molecule has 1 aromatic carbocycles. The summed E-state index contributed by atoms with van der Waals surface area (Å²) < 4.78 is 1.71. The largest absolute Gasteiger partial charge is 0.388 e. The van der Waals surface area contributed by atoms with Gasteiger partial charge >= 0.3 is 0 Å². The number of benzene rings is 1. The molecule has 0 aliphatic heterocycles. The number of amides is 1. The van der Waals surface area contributed by atoms with Gasteiger partial charge in [-0.05, 0) is 43.9 Å². The predicted octanol–water partition coefficient (Wildman–Crippen LogP) is 3.08. The number of nitrogens with one attached hydrogen (secondary N) is 2. The summed E-state index contributed by atoms with van der Waals surface area (Å²) >= 11 is 0. The summed E-state index contributed by atoms with van der Waals surface area (Å²) in [5, 5.41) is 20.5. The second-order valence-corrected chi connectivity index (χ2v) is 7.22. The fraction of sp³-hybridized carbons (Fsp3) is 0.474. The van der Waals surface area contributed by atoms with Crippen molar-refractivity contribution >= 4 is 17.3 Å². The van der Waals surface area contributed by atoms with E-state index in [0.29, 0.717) is 17.9 Å². The minimum Gasteiger partial charge on any atom is -0.388 e. The molecule has 0 saturated heterocycles. The average molecular weight is 344 g/mol. The highest BCUT2D eigenvalue weighted by atomic mass is 16.3. The van der Waals surface area contributed by atoms with Crippen LogP contribution in [0.25, 0.3) is 0 Å². The van der Waals surface area contributed by atoms with Crippen molar-refractivity contribution in [3.63, 3.8) is 0 Å². The molecule has 1 amide bonds. The van der Waals surface area contributed by atoms with Crippen molar-refractivity contribution in [3.05, 3.63) is 42.2 Å². The molecule has 1 atom stereocenters. The van der Waals surface area contributed by atoms with E-state index < -0.39 is 5.60 Å². The highest BCUT2D eigenvalue weighted by molar-refractivity contribution is 5.95. The first-order valence-electron chi connectivity index (χ1n) is 8.61. The zero-order valence-electron chi connectivity index (χ0n) is 15.4. The van der Waals surface area contributed by atoms with Crippen LogP contribution in [0, 0.1) is 5.92 Å². The molecule has 0 radical (unpaired) electrons. The smallest absolute Gasteiger partial charge is 0.251 e. The lowest BCUT2D eigenvalue weighted by Crippen LogP contribution is -2.40. The lowest BCUT2D eigenvalue weighted by Gasteiger charge is -2.24. The molecule has 1 aromatic heterocycles. The minimum atomic E-state index is -0.897. The molecule has 2 rings (SSSR count). The number of rotatable bonds is 8. The zero-order chi connectivity index (χ0) is 18.4. The summed E-state index contributed by atoms with van der Waals surface area (Å²) in [4.78, 5) is 12.4. The van der Waals surface area contributed by atoms with Gasteiger partial charge in [0.25, 0.3) is 5.91 Å². The quantitative estimate of drug-likeness (QED) is 0.687. The first kappa shape index (κ1) is 19.0. The molecule has 6 nitrogen and oxygen atoms in total. The number of anilines is 2. The number of nitrogens with zero attached hydrogens (tertiary/aromatic N) is 2. The first-order chi connectivity index (χ1) is 11.7. The Morgan fingerprint density at radius 1 is 1.36 bits per heavy atom. The molecule has 1 unspecified atom stereocenters. The van der Waals surface area contributed by atoms with Crippen molar-refractivity contribution in [3.8, 4) is 0 Å². The van der Waals surface area contributed by atoms with Gasteiger partial charge in [-0.1, -0.05) is 19.9 Å². The lowest BCUT2D eigenvalue weighted by molar-refractivity contribution is 0.0429. The van der Waals surface area contributed by atoms with Crippen LogP contribution in [0.1, 0.15) is 44.0 Å². The van der Waals surface area contributed by atoms with Crippen LogP contribution in [0.5, 0.6) is 0 Å². The monoisotopic (exact) mass is 344 g/mol. The Morgan fingerprint density at radius 3 is 2.76 bits per heavy atom. The topological polar surface area (TPSA) is 79.2 Å². The highest BCUT2D eigenvalue weighted by Gasteiger charge is 2.21. The Kier molecular flexibility index (Phi) is 6.20. The standard InChI is InChI=1S/C19H28N4O2/c1-14(2)8-9-19(3,25)13-20-18(24)15-6-5-7-16(10-15)22-17-11-21-23(4)12-17/h5-7,10-12,14,22,25H,8-9,13H2,1-4H3,(H,20,24). The van der Waals surface area contributed by atoms with Crippen LogP contribution < -0.4 is 10.6 Å². The molecule has 3 N–H and O–H groups in total. The zero-order valence-corrected chi connectivity index (χ0v) is 15.4. The molecular formula is C19H28N4O2. The van der Waals surface area contributed by atoms with Crippen LogP contribution in [0.2, 0.25) is 0 Å². The van der Waals surface area contributed by atoms with E-state index in [-0.39, 0.29) is 12.5 Å². The molecule has 6 heteroatoms. The Labute approximate surface area is 149 Å². The van der Waals surface area contributed by atoms with E-state index >= 15 is 0 Å². The second kappa shape index (κ2) is 8.16. The fourth-order valence-corrected chi connectivity index (χ4v) is 2.45. The van der Waals surface area contributed by atoms with Gasteiger partial charge in [-0.2, -0.15) is 5.10 Å². The summed E-state index contributed by atoms with van der Waals surface area (Å²) in [5.41, 5.74) is 1.32. The SMILES string of the molecule is CC(C)CCC(C)(O)CNC(=O)c1cccc(Nc2cnn(C)c2)c1. The van der Waals surface area contributed by atoms with Crippen LogP contribution in [-0.4, -0.2) is 32.9 Å². The Morgan fingerprint density at radius 2 is 2.12 bits per heavy atom. The summed E-state index contributed by atoms with van der Waals surface area (Å²) in [6, 6.07) is 7.25. The van der Waals surface area contributed by atoms with E-state index in [1.807, 2.05) is 25.4 Å². The summed E-state index contributed by atoms with van der Waals surface area (Å²) in [5.74, 6) is 0.331. The number of hydrogen-bond donors (Lipinski definition) is 3. The van der Waals surface area contributed by atoms with Crippen LogP contribution in [-0.2, 0) is 7.05 Å². The number of hydrogen-bond acceptors (Lipinski definition) is 4. The van der Waals surface area contributed by atoms with Gasteiger partial charge in [-0.25, -0.2) is 0 Å². The van der Waals surface area contributed by atoms with Gasteiger partial charge in [-0.3, -0.25) is 9.48 Å². The van der Waals surface area contributed by atoms with Gasteiger partial charge in [0.1, 0.15) is 0 Å². The first-order valence-corrected chi connectivity index (χ1v) is 8.61. The third-order valence-electron chi connectivity index (χ3n) is 4.01. The summed E-state index contributed by atoms with van der Waals surface area (Å²) in [6.45, 7) is 6.24. The number of carbonyl (C=O) groups excluding carboxylic acids is 1. The Bertz CT molecular complexity index is 707. The third kappa shape index (κ3) is 6.23. The predicted molar refractivity (Wildman–Crippen MR) is 100.0 cm³/mol. The number of aromatic nitrogens is 2.